The molecule has 1 aromatic rings. The van der Waals surface area contributed by atoms with Gasteiger partial charge in [-0.2, -0.15) is 0 Å². The van der Waals surface area contributed by atoms with Crippen molar-refractivity contribution in [3.8, 4) is 0 Å². The van der Waals surface area contributed by atoms with Gasteiger partial charge in [0, 0.05) is 63.1 Å². The van der Waals surface area contributed by atoms with Crippen LogP contribution in [0.15, 0.2) is 18.2 Å². The molecule has 11 heteroatoms. The molecule has 0 aromatic heterocycles. The van der Waals surface area contributed by atoms with Crippen molar-refractivity contribution in [2.45, 2.75) is 38.8 Å². The van der Waals surface area contributed by atoms with Gasteiger partial charge in [-0.15, -0.1) is 0 Å². The molecule has 2 saturated heterocycles. The first kappa shape index (κ1) is 26.3. The van der Waals surface area contributed by atoms with Gasteiger partial charge in [0.15, 0.2) is 0 Å². The number of nitrogens with one attached hydrogen (secondary N) is 2. The van der Waals surface area contributed by atoms with E-state index in [1.165, 1.54) is 6.07 Å². The quantitative estimate of drug-likeness (QED) is 0.287. The number of nitrogens with zero attached hydrogens (tertiary/aromatic N) is 4. The van der Waals surface area contributed by atoms with Crippen molar-refractivity contribution in [3.63, 3.8) is 0 Å². The van der Waals surface area contributed by atoms with Crippen LogP contribution in [0, 0.1) is 16.0 Å². The van der Waals surface area contributed by atoms with Crippen LogP contribution in [0.25, 0.3) is 0 Å². The summed E-state index contributed by atoms with van der Waals surface area (Å²) in [6.07, 6.45) is 1.30. The zero-order valence-electron chi connectivity index (χ0n) is 21.3. The maximum Gasteiger partial charge on any atom is 0.269 e. The van der Waals surface area contributed by atoms with Gasteiger partial charge in [-0.25, -0.2) is 0 Å². The number of piperazine rings is 1. The maximum absolute atomic E-state index is 13.4. The van der Waals surface area contributed by atoms with Crippen LogP contribution < -0.4 is 15.5 Å². The normalized spacial score (nSPS) is 22.6. The van der Waals surface area contributed by atoms with E-state index < -0.39 is 4.92 Å². The lowest BCUT2D eigenvalue weighted by atomic mass is 9.83. The van der Waals surface area contributed by atoms with Crippen molar-refractivity contribution in [1.29, 1.82) is 0 Å². The zero-order chi connectivity index (χ0) is 25.7. The minimum absolute atomic E-state index is 0.0191. The molecule has 2 unspecified atom stereocenters. The van der Waals surface area contributed by atoms with Crippen molar-refractivity contribution in [2.24, 2.45) is 5.92 Å². The molecule has 0 bridgehead atoms. The minimum atomic E-state index is -0.391. The standard InChI is InChI=1S/C25H38N6O5/c1-18(2)27-24(32)17-29-8-9-30-22-5-4-20(31(34)35)14-19(22)15-21(23(30)16-29)25(33)26-6-3-7-28-10-12-36-13-11-28/h4-5,14,18,21,23H,3,6-13,15-17H2,1-2H3,(H,26,33)(H,27,32). The predicted octanol–water partition coefficient (Wildman–Crippen LogP) is 0.621. The lowest BCUT2D eigenvalue weighted by Crippen LogP contribution is -2.62. The molecule has 3 aliphatic heterocycles. The van der Waals surface area contributed by atoms with Crippen molar-refractivity contribution in [3.05, 3.63) is 33.9 Å². The number of ether oxygens (including phenoxy) is 1. The summed E-state index contributed by atoms with van der Waals surface area (Å²) in [5.74, 6) is -0.397. The highest BCUT2D eigenvalue weighted by Crippen LogP contribution is 2.37. The number of nitro benzene ring substituents is 1. The van der Waals surface area contributed by atoms with E-state index in [2.05, 4.69) is 25.3 Å². The highest BCUT2D eigenvalue weighted by molar-refractivity contribution is 5.82. The molecule has 3 heterocycles. The van der Waals surface area contributed by atoms with Gasteiger partial charge >= 0.3 is 0 Å². The van der Waals surface area contributed by atoms with Gasteiger partial charge in [-0.3, -0.25) is 29.5 Å². The fourth-order valence-electron chi connectivity index (χ4n) is 5.47. The zero-order valence-corrected chi connectivity index (χ0v) is 21.3. The first-order valence-electron chi connectivity index (χ1n) is 13.0. The molecule has 36 heavy (non-hydrogen) atoms. The molecule has 0 radical (unpaired) electrons. The first-order valence-corrected chi connectivity index (χ1v) is 13.0. The van der Waals surface area contributed by atoms with E-state index in [4.69, 9.17) is 4.74 Å². The number of non-ortho nitro benzene ring substituents is 1. The molecule has 2 fully saturated rings. The second kappa shape index (κ2) is 12.0. The third kappa shape index (κ3) is 6.51. The van der Waals surface area contributed by atoms with Crippen molar-refractivity contribution < 1.29 is 19.2 Å². The molecule has 11 nitrogen and oxygen atoms in total. The van der Waals surface area contributed by atoms with Crippen LogP contribution in [0.2, 0.25) is 0 Å². The fourth-order valence-corrected chi connectivity index (χ4v) is 5.47. The van der Waals surface area contributed by atoms with E-state index in [1.807, 2.05) is 13.8 Å². The van der Waals surface area contributed by atoms with Crippen LogP contribution in [0.4, 0.5) is 11.4 Å². The molecule has 0 aliphatic carbocycles. The number of fused-ring (bicyclic) bond motifs is 3. The molecule has 4 rings (SSSR count). The Kier molecular flexibility index (Phi) is 8.76. The first-order chi connectivity index (χ1) is 17.3. The second-order valence-corrected chi connectivity index (χ2v) is 10.2. The van der Waals surface area contributed by atoms with Crippen LogP contribution in [-0.2, 0) is 20.7 Å². The summed E-state index contributed by atoms with van der Waals surface area (Å²) in [6.45, 7) is 11.0. The summed E-state index contributed by atoms with van der Waals surface area (Å²) in [6, 6.07) is 4.92. The molecule has 0 spiro atoms. The van der Waals surface area contributed by atoms with Crippen LogP contribution in [0.3, 0.4) is 0 Å². The third-order valence-electron chi connectivity index (χ3n) is 7.20. The van der Waals surface area contributed by atoms with Gasteiger partial charge in [0.25, 0.3) is 5.69 Å². The largest absolute Gasteiger partial charge is 0.379 e. The van der Waals surface area contributed by atoms with Gasteiger partial charge in [-0.1, -0.05) is 0 Å². The highest BCUT2D eigenvalue weighted by Gasteiger charge is 2.42. The summed E-state index contributed by atoms with van der Waals surface area (Å²) in [4.78, 5) is 43.4. The average Bonchev–Trinajstić information content (AvgIpc) is 2.85. The second-order valence-electron chi connectivity index (χ2n) is 10.2. The van der Waals surface area contributed by atoms with Crippen LogP contribution in [0.1, 0.15) is 25.8 Å². The molecule has 2 N–H and O–H groups in total. The molecule has 2 atom stereocenters. The molecule has 2 amide bonds. The molecule has 3 aliphatic rings. The topological polar surface area (TPSA) is 120 Å². The number of anilines is 1. The van der Waals surface area contributed by atoms with Crippen molar-refractivity contribution >= 4 is 23.2 Å². The number of amides is 2. The fraction of sp³-hybridized carbons (Fsp3) is 0.680. The van der Waals surface area contributed by atoms with Gasteiger partial charge in [0.2, 0.25) is 11.8 Å². The lowest BCUT2D eigenvalue weighted by molar-refractivity contribution is -0.384. The van der Waals surface area contributed by atoms with E-state index in [0.29, 0.717) is 39.1 Å². The SMILES string of the molecule is CC(C)NC(=O)CN1CCN2c3ccc([N+](=O)[O-])cc3CC(C(=O)NCCCN3CCOCC3)C2C1. The maximum atomic E-state index is 13.4. The Morgan fingerprint density at radius 2 is 1.94 bits per heavy atom. The number of carbonyl (C=O) groups excluding carboxylic acids is 2. The predicted molar refractivity (Wildman–Crippen MR) is 136 cm³/mol. The number of benzene rings is 1. The number of nitro groups is 1. The Labute approximate surface area is 212 Å². The highest BCUT2D eigenvalue weighted by atomic mass is 16.6. The Morgan fingerprint density at radius 3 is 2.67 bits per heavy atom. The van der Waals surface area contributed by atoms with Crippen molar-refractivity contribution in [2.75, 3.05) is 70.5 Å². The summed E-state index contributed by atoms with van der Waals surface area (Å²) in [5, 5.41) is 17.4. The van der Waals surface area contributed by atoms with Gasteiger partial charge in [0.05, 0.1) is 36.6 Å². The molecular formula is C25H38N6O5. The number of hydrogen-bond acceptors (Lipinski definition) is 8. The van der Waals surface area contributed by atoms with Gasteiger partial charge < -0.3 is 20.3 Å². The molecule has 0 saturated carbocycles. The van der Waals surface area contributed by atoms with E-state index >= 15 is 0 Å². The van der Waals surface area contributed by atoms with E-state index in [9.17, 15) is 19.7 Å². The van der Waals surface area contributed by atoms with Gasteiger partial charge in [-0.05, 0) is 44.9 Å². The molecule has 198 valence electrons. The molecular weight excluding hydrogens is 464 g/mol. The van der Waals surface area contributed by atoms with Crippen LogP contribution in [0.5, 0.6) is 0 Å². The number of morpholine rings is 1. The van der Waals surface area contributed by atoms with E-state index in [-0.39, 0.29) is 35.5 Å². The Bertz CT molecular complexity index is 951. The van der Waals surface area contributed by atoms with Crippen LogP contribution >= 0.6 is 0 Å². The molecule has 1 aromatic carbocycles. The number of hydrogen-bond donors (Lipinski definition) is 2. The Morgan fingerprint density at radius 1 is 1.17 bits per heavy atom. The minimum Gasteiger partial charge on any atom is -0.379 e. The van der Waals surface area contributed by atoms with Crippen LogP contribution in [-0.4, -0.2) is 104 Å². The third-order valence-corrected chi connectivity index (χ3v) is 7.20. The van der Waals surface area contributed by atoms with E-state index in [1.54, 1.807) is 12.1 Å². The number of rotatable bonds is 9. The Balaban J connectivity index is 1.44. The van der Waals surface area contributed by atoms with Gasteiger partial charge in [0.1, 0.15) is 0 Å². The number of carbonyl (C=O) groups is 2. The summed E-state index contributed by atoms with van der Waals surface area (Å²) >= 11 is 0. The summed E-state index contributed by atoms with van der Waals surface area (Å²) < 4.78 is 5.39. The summed E-state index contributed by atoms with van der Waals surface area (Å²) in [5.41, 5.74) is 1.83. The lowest BCUT2D eigenvalue weighted by Gasteiger charge is -2.49. The van der Waals surface area contributed by atoms with Crippen molar-refractivity contribution in [1.82, 2.24) is 20.4 Å². The monoisotopic (exact) mass is 502 g/mol. The smallest absolute Gasteiger partial charge is 0.269 e. The summed E-state index contributed by atoms with van der Waals surface area (Å²) in [7, 11) is 0. The van der Waals surface area contributed by atoms with E-state index in [0.717, 1.165) is 50.5 Å². The Hall–Kier alpha value is -2.76. The average molecular weight is 503 g/mol.